The second-order valence-corrected chi connectivity index (χ2v) is 5.81. The molecule has 1 heterocycles. The van der Waals surface area contributed by atoms with Gasteiger partial charge in [0, 0.05) is 27.0 Å². The summed E-state index contributed by atoms with van der Waals surface area (Å²) < 4.78 is 12.5. The molecule has 0 aliphatic carbocycles. The Balaban J connectivity index is 2.13. The molecule has 0 fully saturated rings. The highest BCUT2D eigenvalue weighted by molar-refractivity contribution is 7.85. The fraction of sp³-hybridized carbons (Fsp3) is 0. The second kappa shape index (κ2) is 4.59. The summed E-state index contributed by atoms with van der Waals surface area (Å²) in [5.74, 6) is 0. The van der Waals surface area contributed by atoms with Crippen LogP contribution in [-0.2, 0) is 10.8 Å². The Kier molecular flexibility index (Phi) is 2.94. The van der Waals surface area contributed by atoms with E-state index in [2.05, 4.69) is 4.98 Å². The van der Waals surface area contributed by atoms with Gasteiger partial charge >= 0.3 is 0 Å². The summed E-state index contributed by atoms with van der Waals surface area (Å²) in [4.78, 5) is 4.69. The molecular weight excluding hydrogens is 266 g/mol. The Morgan fingerprint density at radius 1 is 1.06 bits per heavy atom. The fourth-order valence-corrected chi connectivity index (χ4v) is 3.27. The zero-order valence-electron chi connectivity index (χ0n) is 9.39. The molecular formula is C14H10ClNOS. The third kappa shape index (κ3) is 1.96. The van der Waals surface area contributed by atoms with Crippen LogP contribution >= 0.6 is 11.6 Å². The Hall–Kier alpha value is -1.58. The molecule has 1 unspecified atom stereocenters. The minimum Gasteiger partial charge on any atom is -0.360 e. The van der Waals surface area contributed by atoms with Crippen molar-refractivity contribution in [2.75, 3.05) is 0 Å². The van der Waals surface area contributed by atoms with Crippen LogP contribution in [0, 0.1) is 0 Å². The highest BCUT2D eigenvalue weighted by atomic mass is 35.5. The Labute approximate surface area is 112 Å². The number of nitrogens with one attached hydrogen (secondary N) is 1. The smallest absolute Gasteiger partial charge is 0.0871 e. The van der Waals surface area contributed by atoms with Crippen LogP contribution in [0.2, 0.25) is 5.02 Å². The van der Waals surface area contributed by atoms with Gasteiger partial charge in [0.25, 0.3) is 0 Å². The topological polar surface area (TPSA) is 32.9 Å². The molecule has 90 valence electrons. The van der Waals surface area contributed by atoms with E-state index < -0.39 is 10.8 Å². The van der Waals surface area contributed by atoms with Crippen molar-refractivity contribution >= 4 is 33.3 Å². The number of benzene rings is 2. The molecule has 0 saturated carbocycles. The molecule has 0 spiro atoms. The normalized spacial score (nSPS) is 12.7. The zero-order valence-corrected chi connectivity index (χ0v) is 11.0. The van der Waals surface area contributed by atoms with Crippen molar-refractivity contribution in [3.63, 3.8) is 0 Å². The molecule has 0 radical (unpaired) electrons. The van der Waals surface area contributed by atoms with Crippen molar-refractivity contribution in [2.24, 2.45) is 0 Å². The molecule has 3 aromatic rings. The highest BCUT2D eigenvalue weighted by Crippen LogP contribution is 2.27. The van der Waals surface area contributed by atoms with Gasteiger partial charge in [0.1, 0.15) is 0 Å². The second-order valence-electron chi connectivity index (χ2n) is 3.92. The lowest BCUT2D eigenvalue weighted by Gasteiger charge is -2.00. The number of fused-ring (bicyclic) bond motifs is 1. The molecule has 1 N–H and O–H groups in total. The van der Waals surface area contributed by atoms with E-state index in [4.69, 9.17) is 11.6 Å². The number of hydrogen-bond acceptors (Lipinski definition) is 1. The first-order valence-corrected chi connectivity index (χ1v) is 7.02. The Morgan fingerprint density at radius 3 is 2.61 bits per heavy atom. The maximum atomic E-state index is 12.5. The number of rotatable bonds is 2. The Bertz CT molecular complexity index is 721. The predicted octanol–water partition coefficient (Wildman–Crippen LogP) is 3.99. The van der Waals surface area contributed by atoms with Gasteiger partial charge in [-0.1, -0.05) is 35.9 Å². The van der Waals surface area contributed by atoms with Crippen molar-refractivity contribution in [1.29, 1.82) is 0 Å². The van der Waals surface area contributed by atoms with Gasteiger partial charge in [-0.05, 0) is 24.3 Å². The molecule has 0 amide bonds. The lowest BCUT2D eigenvalue weighted by Crippen LogP contribution is -1.90. The van der Waals surface area contributed by atoms with Crippen LogP contribution in [0.15, 0.2) is 64.5 Å². The van der Waals surface area contributed by atoms with Crippen LogP contribution in [0.3, 0.4) is 0 Å². The molecule has 0 bridgehead atoms. The maximum Gasteiger partial charge on any atom is 0.0871 e. The summed E-state index contributed by atoms with van der Waals surface area (Å²) in [6, 6.07) is 15.0. The lowest BCUT2D eigenvalue weighted by atomic mass is 10.2. The van der Waals surface area contributed by atoms with Crippen LogP contribution < -0.4 is 0 Å². The third-order valence-electron chi connectivity index (χ3n) is 2.76. The molecule has 4 heteroatoms. The van der Waals surface area contributed by atoms with Gasteiger partial charge in [0.2, 0.25) is 0 Å². The van der Waals surface area contributed by atoms with E-state index in [0.29, 0.717) is 5.02 Å². The van der Waals surface area contributed by atoms with Gasteiger partial charge in [-0.3, -0.25) is 0 Å². The number of aromatic nitrogens is 1. The molecule has 2 aromatic carbocycles. The maximum absolute atomic E-state index is 12.5. The highest BCUT2D eigenvalue weighted by Gasteiger charge is 2.12. The van der Waals surface area contributed by atoms with Crippen molar-refractivity contribution in [1.82, 2.24) is 4.98 Å². The summed E-state index contributed by atoms with van der Waals surface area (Å²) >= 11 is 5.93. The minimum atomic E-state index is -1.17. The van der Waals surface area contributed by atoms with Crippen LogP contribution in [0.5, 0.6) is 0 Å². The fourth-order valence-electron chi connectivity index (χ4n) is 1.90. The first-order valence-electron chi connectivity index (χ1n) is 5.49. The standard InChI is InChI=1S/C14H10ClNOS/c15-10-6-7-12-13(8-10)16-9-14(12)18(17)11-4-2-1-3-5-11/h1-9,16H. The van der Waals surface area contributed by atoms with E-state index in [1.54, 1.807) is 6.20 Å². The minimum absolute atomic E-state index is 0.668. The summed E-state index contributed by atoms with van der Waals surface area (Å²) in [7, 11) is -1.17. The Morgan fingerprint density at radius 2 is 1.83 bits per heavy atom. The van der Waals surface area contributed by atoms with E-state index in [-0.39, 0.29) is 0 Å². The number of H-pyrrole nitrogens is 1. The summed E-state index contributed by atoms with van der Waals surface area (Å²) in [6.07, 6.45) is 1.78. The number of hydrogen-bond donors (Lipinski definition) is 1. The molecule has 1 atom stereocenters. The molecule has 0 aliphatic rings. The van der Waals surface area contributed by atoms with E-state index >= 15 is 0 Å². The van der Waals surface area contributed by atoms with Gasteiger partial charge in [0.05, 0.1) is 15.7 Å². The average Bonchev–Trinajstić information content (AvgIpc) is 2.81. The van der Waals surface area contributed by atoms with Crippen LogP contribution in [-0.4, -0.2) is 9.19 Å². The summed E-state index contributed by atoms with van der Waals surface area (Å²) in [6.45, 7) is 0. The molecule has 0 saturated heterocycles. The summed E-state index contributed by atoms with van der Waals surface area (Å²) in [5.41, 5.74) is 0.904. The van der Waals surface area contributed by atoms with Crippen molar-refractivity contribution < 1.29 is 4.21 Å². The van der Waals surface area contributed by atoms with Crippen LogP contribution in [0.4, 0.5) is 0 Å². The van der Waals surface area contributed by atoms with Crippen LogP contribution in [0.25, 0.3) is 10.9 Å². The van der Waals surface area contributed by atoms with Crippen LogP contribution in [0.1, 0.15) is 0 Å². The first kappa shape index (κ1) is 11.5. The van der Waals surface area contributed by atoms with E-state index in [1.165, 1.54) is 0 Å². The quantitative estimate of drug-likeness (QED) is 0.754. The van der Waals surface area contributed by atoms with E-state index in [9.17, 15) is 4.21 Å². The average molecular weight is 276 g/mol. The monoisotopic (exact) mass is 275 g/mol. The van der Waals surface area contributed by atoms with E-state index in [0.717, 1.165) is 20.7 Å². The van der Waals surface area contributed by atoms with Gasteiger partial charge < -0.3 is 4.98 Å². The van der Waals surface area contributed by atoms with Crippen molar-refractivity contribution in [2.45, 2.75) is 9.79 Å². The van der Waals surface area contributed by atoms with Gasteiger partial charge in [-0.25, -0.2) is 4.21 Å². The van der Waals surface area contributed by atoms with Crippen molar-refractivity contribution in [3.05, 3.63) is 59.8 Å². The summed E-state index contributed by atoms with van der Waals surface area (Å²) in [5, 5.41) is 1.61. The number of halogens is 1. The molecule has 18 heavy (non-hydrogen) atoms. The zero-order chi connectivity index (χ0) is 12.5. The largest absolute Gasteiger partial charge is 0.360 e. The predicted molar refractivity (Wildman–Crippen MR) is 74.4 cm³/mol. The van der Waals surface area contributed by atoms with Crippen molar-refractivity contribution in [3.8, 4) is 0 Å². The molecule has 2 nitrogen and oxygen atoms in total. The van der Waals surface area contributed by atoms with E-state index in [1.807, 2.05) is 48.5 Å². The van der Waals surface area contributed by atoms with Gasteiger partial charge in [0.15, 0.2) is 0 Å². The number of aromatic amines is 1. The third-order valence-corrected chi connectivity index (χ3v) is 4.44. The van der Waals surface area contributed by atoms with Gasteiger partial charge in [-0.15, -0.1) is 0 Å². The first-order chi connectivity index (χ1) is 8.75. The van der Waals surface area contributed by atoms with Gasteiger partial charge in [-0.2, -0.15) is 0 Å². The molecule has 1 aromatic heterocycles. The molecule has 3 rings (SSSR count). The lowest BCUT2D eigenvalue weighted by molar-refractivity contribution is 0.683. The SMILES string of the molecule is O=S(c1ccccc1)c1c[nH]c2cc(Cl)ccc12. The molecule has 0 aliphatic heterocycles.